The molecule has 0 unspecified atom stereocenters. The molecule has 15 heavy (non-hydrogen) atoms. The van der Waals surface area contributed by atoms with Gasteiger partial charge in [-0.2, -0.15) is 0 Å². The van der Waals surface area contributed by atoms with Gasteiger partial charge in [0.2, 0.25) is 5.91 Å². The molecule has 4 heteroatoms. The number of carbonyl (C=O) groups excluding carboxylic acids is 2. The predicted octanol–water partition coefficient (Wildman–Crippen LogP) is 0.585. The molecule has 1 rings (SSSR count). The predicted molar refractivity (Wildman–Crippen MR) is 56.3 cm³/mol. The molecule has 0 aromatic carbocycles. The molecule has 1 fully saturated rings. The van der Waals surface area contributed by atoms with Crippen LogP contribution >= 0.6 is 0 Å². The van der Waals surface area contributed by atoms with Crippen molar-refractivity contribution in [3.63, 3.8) is 0 Å². The number of rotatable bonds is 4. The molecule has 1 N–H and O–H groups in total. The molecule has 1 saturated heterocycles. The van der Waals surface area contributed by atoms with Gasteiger partial charge < -0.3 is 10.0 Å². The van der Waals surface area contributed by atoms with E-state index in [0.29, 0.717) is 19.5 Å². The van der Waals surface area contributed by atoms with E-state index in [4.69, 9.17) is 0 Å². The number of Topliss-reactive ketones (excluding diaryl/α,β-unsaturated/α-hetero) is 1. The average Bonchev–Trinajstić information content (AvgIpc) is 2.11. The van der Waals surface area contributed by atoms with E-state index in [2.05, 4.69) is 0 Å². The number of aliphatic hydroxyl groups is 1. The Hall–Kier alpha value is -0.900. The first-order valence-corrected chi connectivity index (χ1v) is 5.41. The minimum atomic E-state index is -0.745. The monoisotopic (exact) mass is 213 g/mol. The highest BCUT2D eigenvalue weighted by atomic mass is 16.3. The molecule has 0 saturated carbocycles. The van der Waals surface area contributed by atoms with Gasteiger partial charge in [-0.25, -0.2) is 0 Å². The van der Waals surface area contributed by atoms with Gasteiger partial charge >= 0.3 is 0 Å². The second-order valence-corrected chi connectivity index (χ2v) is 4.58. The number of hydrogen-bond acceptors (Lipinski definition) is 3. The van der Waals surface area contributed by atoms with Crippen LogP contribution in [0, 0.1) is 5.92 Å². The van der Waals surface area contributed by atoms with Crippen LogP contribution in [-0.2, 0) is 9.59 Å². The fraction of sp³-hybridized carbons (Fsp3) is 0.818. The second kappa shape index (κ2) is 4.31. The molecular formula is C11H19NO3. The van der Waals surface area contributed by atoms with Crippen LogP contribution in [-0.4, -0.2) is 40.4 Å². The van der Waals surface area contributed by atoms with Crippen molar-refractivity contribution < 1.29 is 14.7 Å². The summed E-state index contributed by atoms with van der Waals surface area (Å²) in [5.41, 5.74) is -0.745. The van der Waals surface area contributed by atoms with Crippen molar-refractivity contribution in [2.24, 2.45) is 5.92 Å². The van der Waals surface area contributed by atoms with Crippen molar-refractivity contribution in [3.05, 3.63) is 0 Å². The molecular weight excluding hydrogens is 194 g/mol. The third kappa shape index (κ3) is 2.56. The van der Waals surface area contributed by atoms with Gasteiger partial charge in [0.25, 0.3) is 0 Å². The Kier molecular flexibility index (Phi) is 3.50. The summed E-state index contributed by atoms with van der Waals surface area (Å²) in [7, 11) is 0. The lowest BCUT2D eigenvalue weighted by Crippen LogP contribution is -2.66. The molecule has 1 aliphatic rings. The van der Waals surface area contributed by atoms with Crippen molar-refractivity contribution in [1.82, 2.24) is 4.90 Å². The summed E-state index contributed by atoms with van der Waals surface area (Å²) in [6.45, 7) is 6.33. The second-order valence-electron chi connectivity index (χ2n) is 4.58. The van der Waals surface area contributed by atoms with Gasteiger partial charge in [0.05, 0.1) is 19.5 Å². The summed E-state index contributed by atoms with van der Waals surface area (Å²) in [5, 5.41) is 9.92. The molecule has 0 aromatic rings. The van der Waals surface area contributed by atoms with Crippen molar-refractivity contribution in [1.29, 1.82) is 0 Å². The molecule has 86 valence electrons. The van der Waals surface area contributed by atoms with Crippen LogP contribution in [0.5, 0.6) is 0 Å². The van der Waals surface area contributed by atoms with Gasteiger partial charge in [-0.1, -0.05) is 20.8 Å². The highest BCUT2D eigenvalue weighted by Gasteiger charge is 2.45. The van der Waals surface area contributed by atoms with Gasteiger partial charge in [0.1, 0.15) is 11.4 Å². The maximum Gasteiger partial charge on any atom is 0.230 e. The molecule has 1 aliphatic heterocycles. The van der Waals surface area contributed by atoms with Crippen LogP contribution in [0.4, 0.5) is 0 Å². The van der Waals surface area contributed by atoms with E-state index < -0.39 is 5.60 Å². The third-order valence-electron chi connectivity index (χ3n) is 3.10. The first-order chi connectivity index (χ1) is 6.89. The average molecular weight is 213 g/mol. The van der Waals surface area contributed by atoms with Crippen molar-refractivity contribution in [2.75, 3.05) is 13.1 Å². The van der Waals surface area contributed by atoms with E-state index in [1.165, 1.54) is 0 Å². The Morgan fingerprint density at radius 3 is 2.33 bits per heavy atom. The van der Waals surface area contributed by atoms with E-state index in [-0.39, 0.29) is 24.0 Å². The molecule has 1 amide bonds. The SMILES string of the molecule is CCC(=O)CC(=O)N1CC(O)(C(C)C)C1. The summed E-state index contributed by atoms with van der Waals surface area (Å²) in [5.74, 6) is -0.0596. The maximum absolute atomic E-state index is 11.5. The first-order valence-electron chi connectivity index (χ1n) is 5.41. The highest BCUT2D eigenvalue weighted by Crippen LogP contribution is 2.28. The zero-order valence-electron chi connectivity index (χ0n) is 9.62. The van der Waals surface area contributed by atoms with Gasteiger partial charge in [-0.15, -0.1) is 0 Å². The summed E-state index contributed by atoms with van der Waals surface area (Å²) >= 11 is 0. The van der Waals surface area contributed by atoms with Crippen LogP contribution in [0.3, 0.4) is 0 Å². The molecule has 0 radical (unpaired) electrons. The number of likely N-dealkylation sites (tertiary alicyclic amines) is 1. The summed E-state index contributed by atoms with van der Waals surface area (Å²) in [4.78, 5) is 24.1. The third-order valence-corrected chi connectivity index (χ3v) is 3.10. The van der Waals surface area contributed by atoms with Gasteiger partial charge in [0, 0.05) is 6.42 Å². The highest BCUT2D eigenvalue weighted by molar-refractivity contribution is 5.98. The molecule has 0 aliphatic carbocycles. The molecule has 4 nitrogen and oxygen atoms in total. The zero-order chi connectivity index (χ0) is 11.6. The normalized spacial score (nSPS) is 18.9. The number of amides is 1. The van der Waals surface area contributed by atoms with E-state index in [1.54, 1.807) is 11.8 Å². The largest absolute Gasteiger partial charge is 0.386 e. The maximum atomic E-state index is 11.5. The van der Waals surface area contributed by atoms with E-state index in [0.717, 1.165) is 0 Å². The van der Waals surface area contributed by atoms with Gasteiger partial charge in [-0.05, 0) is 5.92 Å². The fourth-order valence-electron chi connectivity index (χ4n) is 1.56. The molecule has 0 aromatic heterocycles. The Morgan fingerprint density at radius 1 is 1.40 bits per heavy atom. The first kappa shape index (κ1) is 12.2. The summed E-state index contributed by atoms with van der Waals surface area (Å²) in [6, 6.07) is 0. The van der Waals surface area contributed by atoms with E-state index in [1.807, 2.05) is 13.8 Å². The molecule has 1 heterocycles. The van der Waals surface area contributed by atoms with Crippen LogP contribution < -0.4 is 0 Å². The summed E-state index contributed by atoms with van der Waals surface area (Å²) < 4.78 is 0. The van der Waals surface area contributed by atoms with E-state index in [9.17, 15) is 14.7 Å². The van der Waals surface area contributed by atoms with Crippen LogP contribution in [0.1, 0.15) is 33.6 Å². The number of nitrogens with zero attached hydrogens (tertiary/aromatic N) is 1. The van der Waals surface area contributed by atoms with Crippen molar-refractivity contribution in [3.8, 4) is 0 Å². The Morgan fingerprint density at radius 2 is 1.93 bits per heavy atom. The zero-order valence-corrected chi connectivity index (χ0v) is 9.62. The standard InChI is InChI=1S/C11H19NO3/c1-4-9(13)5-10(14)12-6-11(15,7-12)8(2)3/h8,15H,4-7H2,1-3H3. The number of hydrogen-bond donors (Lipinski definition) is 1. The van der Waals surface area contributed by atoms with Crippen LogP contribution in [0.25, 0.3) is 0 Å². The smallest absolute Gasteiger partial charge is 0.230 e. The number of ketones is 1. The quantitative estimate of drug-likeness (QED) is 0.695. The van der Waals surface area contributed by atoms with Gasteiger partial charge in [-0.3, -0.25) is 9.59 Å². The minimum Gasteiger partial charge on any atom is -0.386 e. The number of β-amino-alcohol motifs (C(OH)–C–C–N with tert-alkyl or cyclic N) is 1. The lowest BCUT2D eigenvalue weighted by atomic mass is 9.83. The number of carbonyl (C=O) groups is 2. The van der Waals surface area contributed by atoms with Crippen molar-refractivity contribution in [2.45, 2.75) is 39.2 Å². The Labute approximate surface area is 90.3 Å². The molecule has 0 spiro atoms. The minimum absolute atomic E-state index is 0.0231. The van der Waals surface area contributed by atoms with E-state index >= 15 is 0 Å². The molecule has 0 bridgehead atoms. The summed E-state index contributed by atoms with van der Waals surface area (Å²) in [6.07, 6.45) is 0.374. The topological polar surface area (TPSA) is 57.6 Å². The molecule has 0 atom stereocenters. The van der Waals surface area contributed by atoms with Crippen LogP contribution in [0.2, 0.25) is 0 Å². The van der Waals surface area contributed by atoms with Gasteiger partial charge in [0.15, 0.2) is 0 Å². The lowest BCUT2D eigenvalue weighted by molar-refractivity contribution is -0.164. The van der Waals surface area contributed by atoms with Crippen LogP contribution in [0.15, 0.2) is 0 Å². The lowest BCUT2D eigenvalue weighted by Gasteiger charge is -2.49. The Bertz CT molecular complexity index is 267. The van der Waals surface area contributed by atoms with Crippen molar-refractivity contribution >= 4 is 11.7 Å². The fourth-order valence-corrected chi connectivity index (χ4v) is 1.56. The Balaban J connectivity index is 2.39.